The maximum absolute atomic E-state index is 13.7. The molecule has 1 aliphatic carbocycles. The van der Waals surface area contributed by atoms with Gasteiger partial charge in [-0.3, -0.25) is 19.8 Å². The molecule has 6 atom stereocenters. The Labute approximate surface area is 208 Å². The van der Waals surface area contributed by atoms with E-state index in [2.05, 4.69) is 24.6 Å². The van der Waals surface area contributed by atoms with Crippen LogP contribution in [0.4, 0.5) is 4.79 Å². The van der Waals surface area contributed by atoms with Crippen molar-refractivity contribution in [3.05, 3.63) is 0 Å². The first-order valence-corrected chi connectivity index (χ1v) is 12.8. The van der Waals surface area contributed by atoms with Crippen LogP contribution < -0.4 is 16.5 Å². The Morgan fingerprint density at radius 3 is 2.54 bits per heavy atom. The van der Waals surface area contributed by atoms with Gasteiger partial charge >= 0.3 is 6.09 Å². The molecule has 2 unspecified atom stereocenters. The molecule has 4 N–H and O–H groups in total. The summed E-state index contributed by atoms with van der Waals surface area (Å²) in [5.74, 6) is -1.13. The number of likely N-dealkylation sites (tertiary alicyclic amines) is 1. The number of nitrogens with one attached hydrogen (secondary N) is 2. The van der Waals surface area contributed by atoms with Gasteiger partial charge in [0.15, 0.2) is 0 Å². The summed E-state index contributed by atoms with van der Waals surface area (Å²) in [6, 6.07) is -1.42. The molecular formula is C25H43N5O5. The van der Waals surface area contributed by atoms with E-state index in [4.69, 9.17) is 10.5 Å². The molecule has 3 fully saturated rings. The van der Waals surface area contributed by atoms with Gasteiger partial charge in [0, 0.05) is 13.1 Å². The van der Waals surface area contributed by atoms with Gasteiger partial charge in [-0.25, -0.2) is 9.80 Å². The van der Waals surface area contributed by atoms with E-state index in [-0.39, 0.29) is 41.5 Å². The highest BCUT2D eigenvalue weighted by Gasteiger charge is 2.69. The fraction of sp³-hybridized carbons (Fsp3) is 0.840. The van der Waals surface area contributed by atoms with Gasteiger partial charge in [0.25, 0.3) is 5.91 Å². The monoisotopic (exact) mass is 493 g/mol. The number of amides is 4. The number of nitrogens with zero attached hydrogens (tertiary/aromatic N) is 2. The van der Waals surface area contributed by atoms with Crippen molar-refractivity contribution in [1.29, 1.82) is 0 Å². The molecule has 4 amide bonds. The smallest absolute Gasteiger partial charge is 0.429 e. The Hall–Kier alpha value is -2.36. The molecule has 198 valence electrons. The average molecular weight is 494 g/mol. The van der Waals surface area contributed by atoms with E-state index in [1.165, 1.54) is 0 Å². The third-order valence-electron chi connectivity index (χ3n) is 7.96. The van der Waals surface area contributed by atoms with Gasteiger partial charge in [-0.05, 0) is 56.8 Å². The lowest BCUT2D eigenvalue weighted by molar-refractivity contribution is -0.144. The highest BCUT2D eigenvalue weighted by atomic mass is 16.6. The van der Waals surface area contributed by atoms with Gasteiger partial charge < -0.3 is 20.7 Å². The number of carbonyl (C=O) groups excluding carboxylic acids is 4. The van der Waals surface area contributed by atoms with Gasteiger partial charge in [-0.2, -0.15) is 0 Å². The van der Waals surface area contributed by atoms with E-state index in [1.54, 1.807) is 25.7 Å². The average Bonchev–Trinajstić information content (AvgIpc) is 3.10. The molecule has 0 spiro atoms. The van der Waals surface area contributed by atoms with E-state index in [1.807, 2.05) is 13.8 Å². The van der Waals surface area contributed by atoms with Gasteiger partial charge in [0.05, 0.1) is 18.5 Å². The molecule has 2 aliphatic heterocycles. The van der Waals surface area contributed by atoms with Crippen LogP contribution in [0.2, 0.25) is 0 Å². The molecule has 0 aromatic carbocycles. The normalized spacial score (nSPS) is 28.9. The summed E-state index contributed by atoms with van der Waals surface area (Å²) in [5.41, 5.74) is 8.10. The third-order valence-corrected chi connectivity index (χ3v) is 7.96. The topological polar surface area (TPSA) is 134 Å². The van der Waals surface area contributed by atoms with E-state index in [0.717, 1.165) is 17.9 Å². The number of nitrogens with two attached hydrogens (primary N) is 1. The van der Waals surface area contributed by atoms with Crippen molar-refractivity contribution >= 4 is 23.8 Å². The van der Waals surface area contributed by atoms with E-state index in [9.17, 15) is 19.2 Å². The summed E-state index contributed by atoms with van der Waals surface area (Å²) in [6.45, 7) is 14.4. The molecule has 35 heavy (non-hydrogen) atoms. The third kappa shape index (κ3) is 5.73. The van der Waals surface area contributed by atoms with Crippen LogP contribution in [-0.4, -0.2) is 71.0 Å². The lowest BCUT2D eigenvalue weighted by Gasteiger charge is -2.35. The highest BCUT2D eigenvalue weighted by Crippen LogP contribution is 2.64. The van der Waals surface area contributed by atoms with Crippen molar-refractivity contribution in [2.45, 2.75) is 85.4 Å². The first kappa shape index (κ1) is 27.2. The summed E-state index contributed by atoms with van der Waals surface area (Å²) < 4.78 is 5.52. The van der Waals surface area contributed by atoms with Gasteiger partial charge in [-0.15, -0.1) is 0 Å². The molecule has 10 heteroatoms. The predicted molar refractivity (Wildman–Crippen MR) is 131 cm³/mol. The number of carbonyl (C=O) groups is 4. The van der Waals surface area contributed by atoms with Crippen LogP contribution in [0.3, 0.4) is 0 Å². The quantitative estimate of drug-likeness (QED) is 0.482. The predicted octanol–water partition coefficient (Wildman–Crippen LogP) is 1.64. The second-order valence-corrected chi connectivity index (χ2v) is 12.0. The van der Waals surface area contributed by atoms with Crippen LogP contribution in [0.1, 0.15) is 67.7 Å². The molecule has 0 aromatic heterocycles. The second-order valence-electron chi connectivity index (χ2n) is 12.0. The summed E-state index contributed by atoms with van der Waals surface area (Å²) in [4.78, 5) is 53.9. The number of ether oxygens (including phenoxy) is 1. The molecule has 0 radical (unpaired) electrons. The minimum absolute atomic E-state index is 0.00295. The van der Waals surface area contributed by atoms with Crippen molar-refractivity contribution in [2.75, 3.05) is 19.6 Å². The van der Waals surface area contributed by atoms with Crippen molar-refractivity contribution < 1.29 is 23.9 Å². The minimum Gasteiger partial charge on any atom is -0.442 e. The Bertz CT molecular complexity index is 854. The van der Waals surface area contributed by atoms with Crippen LogP contribution in [0.5, 0.6) is 0 Å². The zero-order valence-electron chi connectivity index (χ0n) is 22.2. The molecule has 0 aromatic rings. The molecule has 3 rings (SSSR count). The molecule has 1 saturated carbocycles. The fourth-order valence-corrected chi connectivity index (χ4v) is 5.41. The van der Waals surface area contributed by atoms with E-state index < -0.39 is 35.6 Å². The standard InChI is InChI=1S/C25H43N5O5/c1-8-14(2)18(26)22(33)29-13-16-17(25(16,6)7)19(29)21(32)28-30(23(34)35-24(3,4)5)12-15-10-9-11-27-20(15)31/h14-19H,8-13,26H2,1-7H3,(H,27,31)(H,28,32)/t14?,15-,16-,17-,18?,19-/m0/s1. The second kappa shape index (κ2) is 9.95. The van der Waals surface area contributed by atoms with Gasteiger partial charge in [0.1, 0.15) is 11.6 Å². The largest absolute Gasteiger partial charge is 0.442 e. The van der Waals surface area contributed by atoms with E-state index >= 15 is 0 Å². The maximum Gasteiger partial charge on any atom is 0.429 e. The lowest BCUT2D eigenvalue weighted by atomic mass is 9.96. The van der Waals surface area contributed by atoms with Gasteiger partial charge in [0.2, 0.25) is 11.8 Å². The first-order valence-electron chi connectivity index (χ1n) is 12.8. The Balaban J connectivity index is 1.81. The van der Waals surface area contributed by atoms with Crippen molar-refractivity contribution in [1.82, 2.24) is 20.7 Å². The fourth-order valence-electron chi connectivity index (χ4n) is 5.41. The molecule has 2 saturated heterocycles. The van der Waals surface area contributed by atoms with Crippen molar-refractivity contribution in [3.8, 4) is 0 Å². The lowest BCUT2D eigenvalue weighted by Crippen LogP contribution is -2.60. The van der Waals surface area contributed by atoms with Crippen LogP contribution >= 0.6 is 0 Å². The summed E-state index contributed by atoms with van der Waals surface area (Å²) >= 11 is 0. The number of rotatable bonds is 6. The zero-order chi connectivity index (χ0) is 26.3. The number of fused-ring (bicyclic) bond motifs is 1. The maximum atomic E-state index is 13.7. The molecular weight excluding hydrogens is 450 g/mol. The number of hydrogen-bond donors (Lipinski definition) is 3. The Morgan fingerprint density at radius 1 is 1.31 bits per heavy atom. The van der Waals surface area contributed by atoms with Crippen molar-refractivity contribution in [3.63, 3.8) is 0 Å². The molecule has 2 heterocycles. The summed E-state index contributed by atoms with van der Waals surface area (Å²) in [7, 11) is 0. The van der Waals surface area contributed by atoms with Crippen LogP contribution in [0, 0.1) is 29.1 Å². The number of piperidine rings is 2. The van der Waals surface area contributed by atoms with Crippen LogP contribution in [-0.2, 0) is 19.1 Å². The van der Waals surface area contributed by atoms with Crippen LogP contribution in [0.15, 0.2) is 0 Å². The molecule has 3 aliphatic rings. The van der Waals surface area contributed by atoms with Crippen LogP contribution in [0.25, 0.3) is 0 Å². The molecule has 0 bridgehead atoms. The summed E-state index contributed by atoms with van der Waals surface area (Å²) in [6.07, 6.45) is 1.42. The number of hydrogen-bond acceptors (Lipinski definition) is 6. The SMILES string of the molecule is CCC(C)C(N)C(=O)N1C[C@H]2[C@@H]([C@H]1C(=O)NN(C[C@@H]1CCCNC1=O)C(=O)OC(C)(C)C)C2(C)C. The minimum atomic E-state index is -0.781. The number of hydrazine groups is 1. The van der Waals surface area contributed by atoms with E-state index in [0.29, 0.717) is 19.5 Å². The molecule has 10 nitrogen and oxygen atoms in total. The Morgan fingerprint density at radius 2 is 1.97 bits per heavy atom. The van der Waals surface area contributed by atoms with Gasteiger partial charge in [-0.1, -0.05) is 34.1 Å². The zero-order valence-corrected chi connectivity index (χ0v) is 22.2. The van der Waals surface area contributed by atoms with Crippen molar-refractivity contribution in [2.24, 2.45) is 34.8 Å². The Kier molecular flexibility index (Phi) is 7.74. The summed E-state index contributed by atoms with van der Waals surface area (Å²) in [5, 5.41) is 3.91. The highest BCUT2D eigenvalue weighted by molar-refractivity contribution is 5.92. The first-order chi connectivity index (χ1) is 16.2.